The molecule has 3 N–H and O–H groups in total. The van der Waals surface area contributed by atoms with Crippen LogP contribution in [-0.4, -0.2) is 59.6 Å². The fourth-order valence-electron chi connectivity index (χ4n) is 3.43. The van der Waals surface area contributed by atoms with Gasteiger partial charge in [-0.1, -0.05) is 63.9 Å². The molecule has 5 nitrogen and oxygen atoms in total. The summed E-state index contributed by atoms with van der Waals surface area (Å²) in [6, 6.07) is 0. The normalized spacial score (nSPS) is 26.1. The smallest absolute Gasteiger partial charge is 0.114 e. The van der Waals surface area contributed by atoms with Gasteiger partial charge in [0.15, 0.2) is 0 Å². The van der Waals surface area contributed by atoms with Gasteiger partial charge in [-0.3, -0.25) is 0 Å². The van der Waals surface area contributed by atoms with Crippen molar-refractivity contribution >= 4 is 0 Å². The van der Waals surface area contributed by atoms with Crippen LogP contribution in [-0.2, 0) is 9.47 Å². The molecule has 1 rings (SSSR count). The van der Waals surface area contributed by atoms with Gasteiger partial charge in [0.25, 0.3) is 0 Å². The molecule has 0 unspecified atom stereocenters. The van der Waals surface area contributed by atoms with E-state index in [4.69, 9.17) is 14.6 Å². The van der Waals surface area contributed by atoms with Crippen LogP contribution in [0.4, 0.5) is 0 Å². The minimum absolute atomic E-state index is 0.0984. The van der Waals surface area contributed by atoms with E-state index in [1.807, 2.05) is 6.08 Å². The number of unbranched alkanes of at least 4 members (excludes halogenated alkanes) is 11. The van der Waals surface area contributed by atoms with Gasteiger partial charge in [0.05, 0.1) is 13.2 Å². The zero-order valence-corrected chi connectivity index (χ0v) is 16.4. The number of rotatable bonds is 16. The summed E-state index contributed by atoms with van der Waals surface area (Å²) in [5.74, 6) is 0. The van der Waals surface area contributed by atoms with E-state index < -0.39 is 24.4 Å². The first-order valence-electron chi connectivity index (χ1n) is 10.5. The van der Waals surface area contributed by atoms with E-state index in [1.54, 1.807) is 0 Å². The Morgan fingerprint density at radius 3 is 1.96 bits per heavy atom. The molecular formula is C21H40O5. The van der Waals surface area contributed by atoms with E-state index >= 15 is 0 Å². The summed E-state index contributed by atoms with van der Waals surface area (Å²) in [6.07, 6.45) is 13.9. The molecule has 154 valence electrons. The SMILES string of the molecule is C=CCCCCCCCCCCCCCO[C@@H]1[C@@H](O)[C@H](CO)OC[C@H]1O. The molecule has 1 saturated heterocycles. The van der Waals surface area contributed by atoms with E-state index in [9.17, 15) is 10.2 Å². The third kappa shape index (κ3) is 10.0. The average Bonchev–Trinajstić information content (AvgIpc) is 2.64. The molecule has 0 bridgehead atoms. The van der Waals surface area contributed by atoms with Crippen molar-refractivity contribution in [3.05, 3.63) is 12.7 Å². The van der Waals surface area contributed by atoms with Gasteiger partial charge in [-0.05, 0) is 19.3 Å². The number of allylic oxidation sites excluding steroid dienone is 1. The maximum absolute atomic E-state index is 10.0. The predicted octanol–water partition coefficient (Wildman–Crippen LogP) is 3.35. The number of aliphatic hydroxyl groups excluding tert-OH is 3. The van der Waals surface area contributed by atoms with Gasteiger partial charge in [0.1, 0.15) is 24.4 Å². The van der Waals surface area contributed by atoms with Crippen LogP contribution in [0, 0.1) is 0 Å². The quantitative estimate of drug-likeness (QED) is 0.286. The highest BCUT2D eigenvalue weighted by molar-refractivity contribution is 4.87. The molecule has 4 atom stereocenters. The fraction of sp³-hybridized carbons (Fsp3) is 0.905. The van der Waals surface area contributed by atoms with Crippen LogP contribution in [0.3, 0.4) is 0 Å². The van der Waals surface area contributed by atoms with Gasteiger partial charge < -0.3 is 24.8 Å². The van der Waals surface area contributed by atoms with Crippen molar-refractivity contribution in [3.8, 4) is 0 Å². The summed E-state index contributed by atoms with van der Waals surface area (Å²) in [5.41, 5.74) is 0. The first kappa shape index (κ1) is 23.6. The highest BCUT2D eigenvalue weighted by atomic mass is 16.6. The minimum Gasteiger partial charge on any atom is -0.394 e. The first-order chi connectivity index (χ1) is 12.7. The van der Waals surface area contributed by atoms with Crippen LogP contribution in [0.25, 0.3) is 0 Å². The lowest BCUT2D eigenvalue weighted by Gasteiger charge is -2.37. The Balaban J connectivity index is 1.89. The molecule has 1 aliphatic heterocycles. The lowest BCUT2D eigenvalue weighted by molar-refractivity contribution is -0.210. The number of ether oxygens (including phenoxy) is 2. The first-order valence-corrected chi connectivity index (χ1v) is 10.5. The second-order valence-corrected chi connectivity index (χ2v) is 7.41. The van der Waals surface area contributed by atoms with Crippen LogP contribution < -0.4 is 0 Å². The summed E-state index contributed by atoms with van der Waals surface area (Å²) in [4.78, 5) is 0. The fourth-order valence-corrected chi connectivity index (χ4v) is 3.43. The molecule has 0 radical (unpaired) electrons. The Morgan fingerprint density at radius 1 is 0.885 bits per heavy atom. The molecule has 0 aromatic rings. The van der Waals surface area contributed by atoms with Gasteiger partial charge in [-0.25, -0.2) is 0 Å². The number of hydrogen-bond acceptors (Lipinski definition) is 5. The van der Waals surface area contributed by atoms with Crippen molar-refractivity contribution in [2.24, 2.45) is 0 Å². The molecule has 0 amide bonds. The van der Waals surface area contributed by atoms with Gasteiger partial charge in [0, 0.05) is 6.61 Å². The molecule has 0 aromatic carbocycles. The standard InChI is InChI=1S/C21H40O5/c1-2-3-4-5-6-7-8-9-10-11-12-13-14-15-25-21-18(23)17-26-19(16-22)20(21)24/h2,18-24H,1,3-17H2/t18-,19+,20+,21+/m1/s1. The monoisotopic (exact) mass is 372 g/mol. The second-order valence-electron chi connectivity index (χ2n) is 7.41. The third-order valence-electron chi connectivity index (χ3n) is 5.12. The number of aliphatic hydroxyl groups is 3. The van der Waals surface area contributed by atoms with Crippen LogP contribution >= 0.6 is 0 Å². The van der Waals surface area contributed by atoms with Gasteiger partial charge in [-0.2, -0.15) is 0 Å². The Morgan fingerprint density at radius 2 is 1.42 bits per heavy atom. The summed E-state index contributed by atoms with van der Waals surface area (Å²) in [7, 11) is 0. The van der Waals surface area contributed by atoms with Crippen LogP contribution in [0.15, 0.2) is 12.7 Å². The molecule has 1 fully saturated rings. The van der Waals surface area contributed by atoms with Crippen molar-refractivity contribution < 1.29 is 24.8 Å². The van der Waals surface area contributed by atoms with Crippen molar-refractivity contribution in [2.45, 2.75) is 101 Å². The van der Waals surface area contributed by atoms with Gasteiger partial charge in [0.2, 0.25) is 0 Å². The summed E-state index contributed by atoms with van der Waals surface area (Å²) in [5, 5.41) is 29.0. The highest BCUT2D eigenvalue weighted by Crippen LogP contribution is 2.19. The third-order valence-corrected chi connectivity index (χ3v) is 5.12. The molecule has 0 saturated carbocycles. The topological polar surface area (TPSA) is 79.2 Å². The van der Waals surface area contributed by atoms with Crippen molar-refractivity contribution in [3.63, 3.8) is 0 Å². The highest BCUT2D eigenvalue weighted by Gasteiger charge is 2.38. The Bertz CT molecular complexity index is 336. The zero-order valence-electron chi connectivity index (χ0n) is 16.4. The van der Waals surface area contributed by atoms with E-state index in [0.717, 1.165) is 19.3 Å². The van der Waals surface area contributed by atoms with Gasteiger partial charge >= 0.3 is 0 Å². The molecule has 5 heteroatoms. The summed E-state index contributed by atoms with van der Waals surface area (Å²) in [6.45, 7) is 4.11. The molecule has 1 heterocycles. The molecule has 0 aliphatic carbocycles. The van der Waals surface area contributed by atoms with Crippen LogP contribution in [0.5, 0.6) is 0 Å². The van der Waals surface area contributed by atoms with E-state index in [2.05, 4.69) is 6.58 Å². The number of hydrogen-bond donors (Lipinski definition) is 3. The van der Waals surface area contributed by atoms with Crippen molar-refractivity contribution in [2.75, 3.05) is 19.8 Å². The Kier molecular flexibility index (Phi) is 14.1. The molecule has 26 heavy (non-hydrogen) atoms. The summed E-state index contributed by atoms with van der Waals surface area (Å²) < 4.78 is 10.8. The lowest BCUT2D eigenvalue weighted by Crippen LogP contribution is -2.55. The average molecular weight is 373 g/mol. The maximum atomic E-state index is 10.0. The lowest BCUT2D eigenvalue weighted by atomic mass is 10.0. The van der Waals surface area contributed by atoms with Crippen molar-refractivity contribution in [1.29, 1.82) is 0 Å². The van der Waals surface area contributed by atoms with Gasteiger partial charge in [-0.15, -0.1) is 6.58 Å². The molecular weight excluding hydrogens is 332 g/mol. The van der Waals surface area contributed by atoms with E-state index in [0.29, 0.717) is 6.61 Å². The molecule has 0 spiro atoms. The second kappa shape index (κ2) is 15.6. The molecule has 0 aromatic heterocycles. The maximum Gasteiger partial charge on any atom is 0.114 e. The zero-order chi connectivity index (χ0) is 19.0. The largest absolute Gasteiger partial charge is 0.394 e. The Hall–Kier alpha value is -0.460. The van der Waals surface area contributed by atoms with Crippen molar-refractivity contribution in [1.82, 2.24) is 0 Å². The Labute approximate surface area is 159 Å². The molecule has 1 aliphatic rings. The predicted molar refractivity (Wildman–Crippen MR) is 104 cm³/mol. The van der Waals surface area contributed by atoms with E-state index in [-0.39, 0.29) is 13.2 Å². The van der Waals surface area contributed by atoms with Crippen LogP contribution in [0.1, 0.15) is 77.0 Å². The minimum atomic E-state index is -0.972. The van der Waals surface area contributed by atoms with Crippen LogP contribution in [0.2, 0.25) is 0 Å². The summed E-state index contributed by atoms with van der Waals surface area (Å²) >= 11 is 0. The van der Waals surface area contributed by atoms with E-state index in [1.165, 1.54) is 57.8 Å².